The minimum absolute atomic E-state index is 0.0309. The van der Waals surface area contributed by atoms with Gasteiger partial charge in [-0.05, 0) is 151 Å². The van der Waals surface area contributed by atoms with Crippen LogP contribution in [0.15, 0.2) is 133 Å². The molecule has 9 aromatic rings. The lowest BCUT2D eigenvalue weighted by Gasteiger charge is -2.52. The maximum absolute atomic E-state index is 2.92. The van der Waals surface area contributed by atoms with Gasteiger partial charge in [0.05, 0.1) is 27.0 Å². The predicted molar refractivity (Wildman–Crippen MR) is 319 cm³/mol. The summed E-state index contributed by atoms with van der Waals surface area (Å²) in [5.41, 5.74) is 24.2. The zero-order chi connectivity index (χ0) is 51.1. The largest absolute Gasteiger partial charge is 0.335 e. The van der Waals surface area contributed by atoms with Gasteiger partial charge in [0.15, 0.2) is 0 Å². The second kappa shape index (κ2) is 15.3. The lowest BCUT2D eigenvalue weighted by atomic mass is 9.33. The molecule has 0 bridgehead atoms. The van der Waals surface area contributed by atoms with Crippen LogP contribution in [0, 0.1) is 0 Å². The van der Waals surface area contributed by atoms with Crippen molar-refractivity contribution in [1.29, 1.82) is 0 Å². The van der Waals surface area contributed by atoms with E-state index in [-0.39, 0.29) is 39.3 Å². The standard InChI is InChI=1S/C68H72BN3S/c1-63(2,3)43-23-21-41(22-24-43)42-35-52-61-53(36-42)69-54-38-46(66(10,11)12)37-51-59(54)71(60-50-19-15-16-20-57(50)73-62(51)60)55-39-49(40-56(58(55)69)72(61)68(14)34-18-17-33-67(52,68)13)70(47-29-25-44(26-30-47)64(4,5)6)48-31-27-45(28-32-48)65(7,8)9/h15-16,19-32,35-40H,17-18,33-34H2,1-14H3. The second-order valence-electron chi connectivity index (χ2n) is 27.0. The van der Waals surface area contributed by atoms with Crippen molar-refractivity contribution < 1.29 is 0 Å². The normalized spacial score (nSPS) is 19.2. The highest BCUT2D eigenvalue weighted by molar-refractivity contribution is 7.26. The fourth-order valence-electron chi connectivity index (χ4n) is 13.9. The Bertz CT molecular complexity index is 3690. The van der Waals surface area contributed by atoms with E-state index in [0.29, 0.717) is 0 Å². The van der Waals surface area contributed by atoms with Gasteiger partial charge in [-0.3, -0.25) is 0 Å². The van der Waals surface area contributed by atoms with Gasteiger partial charge in [-0.2, -0.15) is 0 Å². The summed E-state index contributed by atoms with van der Waals surface area (Å²) in [6.07, 6.45) is 4.78. The molecule has 1 saturated carbocycles. The van der Waals surface area contributed by atoms with Crippen LogP contribution in [0.2, 0.25) is 0 Å². The molecule has 4 aliphatic rings. The van der Waals surface area contributed by atoms with Gasteiger partial charge in [0.1, 0.15) is 0 Å². The number of anilines is 5. The van der Waals surface area contributed by atoms with E-state index in [2.05, 4.69) is 245 Å². The first-order valence-electron chi connectivity index (χ1n) is 27.2. The topological polar surface area (TPSA) is 11.4 Å². The zero-order valence-corrected chi connectivity index (χ0v) is 46.7. The van der Waals surface area contributed by atoms with Crippen LogP contribution in [0.1, 0.15) is 150 Å². The van der Waals surface area contributed by atoms with Crippen molar-refractivity contribution in [3.05, 3.63) is 161 Å². The Labute approximate surface area is 439 Å². The molecule has 1 aliphatic carbocycles. The van der Waals surface area contributed by atoms with E-state index >= 15 is 0 Å². The summed E-state index contributed by atoms with van der Waals surface area (Å²) in [6.45, 7) is 33.4. The van der Waals surface area contributed by atoms with Gasteiger partial charge in [0, 0.05) is 49.3 Å². The molecule has 7 aromatic carbocycles. The Morgan fingerprint density at radius 2 is 1.07 bits per heavy atom. The number of hydrogen-bond donors (Lipinski definition) is 0. The van der Waals surface area contributed by atoms with Crippen LogP contribution in [0.25, 0.3) is 48.0 Å². The molecule has 2 aromatic heterocycles. The molecule has 2 atom stereocenters. The van der Waals surface area contributed by atoms with Gasteiger partial charge in [0.2, 0.25) is 0 Å². The van der Waals surface area contributed by atoms with Gasteiger partial charge in [0.25, 0.3) is 6.71 Å². The summed E-state index contributed by atoms with van der Waals surface area (Å²) in [6, 6.07) is 53.3. The summed E-state index contributed by atoms with van der Waals surface area (Å²) in [4.78, 5) is 5.49. The van der Waals surface area contributed by atoms with Crippen LogP contribution in [0.5, 0.6) is 0 Å². The average molecular weight is 974 g/mol. The second-order valence-corrected chi connectivity index (χ2v) is 28.1. The Morgan fingerprint density at radius 1 is 0.507 bits per heavy atom. The molecule has 5 heteroatoms. The first kappa shape index (κ1) is 46.7. The third kappa shape index (κ3) is 6.68. The highest BCUT2D eigenvalue weighted by Gasteiger charge is 2.61. The Balaban J connectivity index is 1.18. The van der Waals surface area contributed by atoms with Crippen LogP contribution in [-0.2, 0) is 27.1 Å². The minimum atomic E-state index is -0.147. The Morgan fingerprint density at radius 3 is 1.67 bits per heavy atom. The third-order valence-corrected chi connectivity index (χ3v) is 19.5. The monoisotopic (exact) mass is 974 g/mol. The maximum atomic E-state index is 2.92. The molecule has 368 valence electrons. The van der Waals surface area contributed by atoms with E-state index in [1.807, 2.05) is 11.3 Å². The van der Waals surface area contributed by atoms with Gasteiger partial charge >= 0.3 is 0 Å². The summed E-state index contributed by atoms with van der Waals surface area (Å²) in [5, 5.41) is 2.71. The van der Waals surface area contributed by atoms with Gasteiger partial charge in [-0.25, -0.2) is 0 Å². The summed E-state index contributed by atoms with van der Waals surface area (Å²) in [7, 11) is 0. The number of hydrogen-bond acceptors (Lipinski definition) is 3. The Hall–Kier alpha value is -6.04. The summed E-state index contributed by atoms with van der Waals surface area (Å²) >= 11 is 1.97. The smallest absolute Gasteiger partial charge is 0.252 e. The zero-order valence-electron chi connectivity index (χ0n) is 45.9. The van der Waals surface area contributed by atoms with Gasteiger partial charge in [-0.15, -0.1) is 11.3 Å². The molecule has 2 unspecified atom stereocenters. The van der Waals surface area contributed by atoms with Crippen LogP contribution in [0.3, 0.4) is 0 Å². The van der Waals surface area contributed by atoms with Crippen molar-refractivity contribution in [2.45, 2.75) is 155 Å². The SMILES string of the molecule is CC(C)(C)c1ccc(-c2cc3c4c(c2)C2(C)CCCCC2(C)N4c2cc(N(c4ccc(C(C)(C)C)cc4)c4ccc(C(C)(C)C)cc4)cc4c2B3c2cc(C(C)(C)C)cc3c5sc6ccccc6c5n-4c23)cc1. The fraction of sp³-hybridized carbons (Fsp3) is 0.353. The van der Waals surface area contributed by atoms with Crippen molar-refractivity contribution in [1.82, 2.24) is 4.57 Å². The molecule has 13 rings (SSSR count). The van der Waals surface area contributed by atoms with Crippen molar-refractivity contribution in [2.24, 2.45) is 0 Å². The number of benzene rings is 7. The molecular weight excluding hydrogens is 902 g/mol. The number of thiophene rings is 1. The van der Waals surface area contributed by atoms with E-state index in [9.17, 15) is 0 Å². The van der Waals surface area contributed by atoms with E-state index < -0.39 is 0 Å². The summed E-state index contributed by atoms with van der Waals surface area (Å²) < 4.78 is 5.47. The number of rotatable bonds is 4. The first-order chi connectivity index (χ1) is 34.5. The fourth-order valence-corrected chi connectivity index (χ4v) is 15.1. The molecule has 0 radical (unpaired) electrons. The molecule has 73 heavy (non-hydrogen) atoms. The highest BCUT2D eigenvalue weighted by Crippen LogP contribution is 2.62. The molecule has 3 nitrogen and oxygen atoms in total. The van der Waals surface area contributed by atoms with E-state index in [1.54, 1.807) is 0 Å². The number of aromatic nitrogens is 1. The maximum Gasteiger partial charge on any atom is 0.252 e. The van der Waals surface area contributed by atoms with Crippen LogP contribution < -0.4 is 26.2 Å². The quantitative estimate of drug-likeness (QED) is 0.163. The average Bonchev–Trinajstić information content (AvgIpc) is 3.96. The van der Waals surface area contributed by atoms with Crippen molar-refractivity contribution in [3.8, 4) is 16.8 Å². The molecule has 0 spiro atoms. The van der Waals surface area contributed by atoms with E-state index in [1.165, 1.54) is 140 Å². The van der Waals surface area contributed by atoms with Crippen LogP contribution in [-0.4, -0.2) is 16.8 Å². The Kier molecular flexibility index (Phi) is 9.78. The third-order valence-electron chi connectivity index (χ3n) is 18.3. The van der Waals surface area contributed by atoms with E-state index in [0.717, 1.165) is 6.42 Å². The van der Waals surface area contributed by atoms with Crippen LogP contribution >= 0.6 is 11.3 Å². The molecule has 5 heterocycles. The molecule has 0 amide bonds. The van der Waals surface area contributed by atoms with Crippen LogP contribution in [0.4, 0.5) is 28.4 Å². The molecule has 1 fully saturated rings. The lowest BCUT2D eigenvalue weighted by Crippen LogP contribution is -2.64. The van der Waals surface area contributed by atoms with Gasteiger partial charge in [-0.1, -0.05) is 182 Å². The number of nitrogens with zero attached hydrogens (tertiary/aromatic N) is 3. The molecule has 3 aliphatic heterocycles. The minimum Gasteiger partial charge on any atom is -0.335 e. The molecule has 0 N–H and O–H groups in total. The molecular formula is C68H72BN3S. The van der Waals surface area contributed by atoms with Crippen molar-refractivity contribution in [2.75, 3.05) is 9.80 Å². The predicted octanol–water partition coefficient (Wildman–Crippen LogP) is 17.2. The molecule has 0 saturated heterocycles. The highest BCUT2D eigenvalue weighted by atomic mass is 32.1. The number of fused-ring (bicyclic) bond motifs is 12. The van der Waals surface area contributed by atoms with Crippen molar-refractivity contribution in [3.63, 3.8) is 0 Å². The van der Waals surface area contributed by atoms with Gasteiger partial charge < -0.3 is 14.4 Å². The first-order valence-corrected chi connectivity index (χ1v) is 28.1. The van der Waals surface area contributed by atoms with E-state index in [4.69, 9.17) is 0 Å². The lowest BCUT2D eigenvalue weighted by molar-refractivity contribution is 0.195. The van der Waals surface area contributed by atoms with Crippen molar-refractivity contribution >= 4 is 94.1 Å². The summed E-state index contributed by atoms with van der Waals surface area (Å²) in [5.74, 6) is 0.